The van der Waals surface area contributed by atoms with E-state index < -0.39 is 41.6 Å². The van der Waals surface area contributed by atoms with Crippen LogP contribution in [0.25, 0.3) is 0 Å². The maximum absolute atomic E-state index is 9.52. The van der Waals surface area contributed by atoms with Crippen LogP contribution in [0.2, 0.25) is 0 Å². The second-order valence-electron chi connectivity index (χ2n) is 2.99. The topological polar surface area (TPSA) is 181 Å². The first-order chi connectivity index (χ1) is 7.93. The van der Waals surface area contributed by atoms with E-state index in [2.05, 4.69) is 0 Å². The first-order valence-corrected chi connectivity index (χ1v) is 8.78. The molecular weight excluding hydrogens is 336 g/mol. The molecule has 114 valence electrons. The van der Waals surface area contributed by atoms with E-state index in [-0.39, 0.29) is 17.4 Å². The zero-order valence-corrected chi connectivity index (χ0v) is 14.8. The molecule has 6 atom stereocenters. The van der Waals surface area contributed by atoms with Crippen molar-refractivity contribution in [1.29, 1.82) is 0 Å². The zero-order chi connectivity index (χ0) is 15.5. The Morgan fingerprint density at radius 2 is 0.737 bits per heavy atom. The Hall–Kier alpha value is 0.982. The van der Waals surface area contributed by atoms with Gasteiger partial charge in [-0.1, -0.05) is 0 Å². The van der Waals surface area contributed by atoms with Crippen LogP contribution in [0.4, 0.5) is 0 Å². The van der Waals surface area contributed by atoms with Crippen LogP contribution in [-0.2, 0) is 13.7 Å². The molecule has 0 heterocycles. The van der Waals surface area contributed by atoms with Gasteiger partial charge in [0.1, 0.15) is 0 Å². The largest absolute Gasteiger partial charge is 3.00 e. The first kappa shape index (κ1) is 28.2. The van der Waals surface area contributed by atoms with Gasteiger partial charge in [0.2, 0.25) is 0 Å². The Morgan fingerprint density at radius 3 is 0.737 bits per heavy atom. The van der Waals surface area contributed by atoms with E-state index in [4.69, 9.17) is 15.3 Å². The minimum Gasteiger partial charge on any atom is -0.800 e. The van der Waals surface area contributed by atoms with Gasteiger partial charge in [-0.3, -0.25) is 0 Å². The molecule has 13 heteroatoms. The molecule has 0 spiro atoms. The standard InChI is InChI=1S/3C2H7O3P.Al/c3*1-2(3)6(4)5;/h3*2-3,6H,1H3,(H,4,5);/q;;;+3/p-3. The molecule has 0 aliphatic heterocycles. The molecular formula is C6H18AlO9P3. The normalized spacial score (nSPS) is 18.8. The van der Waals surface area contributed by atoms with E-state index in [1.54, 1.807) is 0 Å². The molecule has 0 saturated carbocycles. The van der Waals surface area contributed by atoms with Crippen LogP contribution in [0.3, 0.4) is 0 Å². The fraction of sp³-hybridized carbons (Fsp3) is 1.00. The van der Waals surface area contributed by atoms with Crippen LogP contribution in [0, 0.1) is 0 Å². The summed E-state index contributed by atoms with van der Waals surface area (Å²) < 4.78 is 28.6. The van der Waals surface area contributed by atoms with Crippen LogP contribution in [0.15, 0.2) is 0 Å². The molecule has 0 amide bonds. The Bertz CT molecular complexity index is 228. The van der Waals surface area contributed by atoms with E-state index in [1.165, 1.54) is 20.8 Å². The minimum absolute atomic E-state index is 0. The van der Waals surface area contributed by atoms with E-state index in [9.17, 15) is 28.4 Å². The molecule has 0 bridgehead atoms. The predicted octanol–water partition coefficient (Wildman–Crippen LogP) is -2.90. The Labute approximate surface area is 124 Å². The molecule has 19 heavy (non-hydrogen) atoms. The maximum atomic E-state index is 9.52. The van der Waals surface area contributed by atoms with Gasteiger partial charge in [-0.2, -0.15) is 0 Å². The molecule has 0 aromatic rings. The zero-order valence-electron chi connectivity index (χ0n) is 10.6. The van der Waals surface area contributed by atoms with Gasteiger partial charge in [-0.05, 0) is 20.8 Å². The van der Waals surface area contributed by atoms with Crippen molar-refractivity contribution in [3.8, 4) is 0 Å². The number of rotatable bonds is 3. The third kappa shape index (κ3) is 32.5. The number of hydrogen-bond donors (Lipinski definition) is 3. The van der Waals surface area contributed by atoms with Gasteiger partial charge >= 0.3 is 17.4 Å². The quantitative estimate of drug-likeness (QED) is 0.354. The van der Waals surface area contributed by atoms with Crippen molar-refractivity contribution in [1.82, 2.24) is 0 Å². The van der Waals surface area contributed by atoms with Crippen LogP contribution in [0.5, 0.6) is 0 Å². The van der Waals surface area contributed by atoms with E-state index in [1.807, 2.05) is 0 Å². The van der Waals surface area contributed by atoms with Gasteiger partial charge < -0.3 is 43.7 Å². The third-order valence-corrected chi connectivity index (χ3v) is 3.07. The Kier molecular flexibility index (Phi) is 25.3. The molecule has 0 saturated heterocycles. The Morgan fingerprint density at radius 1 is 0.684 bits per heavy atom. The second kappa shape index (κ2) is 17.0. The molecule has 9 nitrogen and oxygen atoms in total. The predicted molar refractivity (Wildman–Crippen MR) is 67.8 cm³/mol. The summed E-state index contributed by atoms with van der Waals surface area (Å²) in [5.41, 5.74) is 0. The van der Waals surface area contributed by atoms with E-state index >= 15 is 0 Å². The summed E-state index contributed by atoms with van der Waals surface area (Å²) in [6, 6.07) is 0. The Balaban J connectivity index is -0.0000000865. The van der Waals surface area contributed by atoms with Crippen LogP contribution < -0.4 is 14.7 Å². The summed E-state index contributed by atoms with van der Waals surface area (Å²) in [4.78, 5) is 28.6. The van der Waals surface area contributed by atoms with Crippen molar-refractivity contribution in [3.63, 3.8) is 0 Å². The average molecular weight is 354 g/mol. The fourth-order valence-electron chi connectivity index (χ4n) is 0. The van der Waals surface area contributed by atoms with Crippen molar-refractivity contribution in [2.45, 2.75) is 38.3 Å². The van der Waals surface area contributed by atoms with Gasteiger partial charge in [0.15, 0.2) is 0 Å². The maximum Gasteiger partial charge on any atom is 3.00 e. The van der Waals surface area contributed by atoms with E-state index in [0.29, 0.717) is 0 Å². The van der Waals surface area contributed by atoms with Gasteiger partial charge in [-0.25, -0.2) is 0 Å². The van der Waals surface area contributed by atoms with E-state index in [0.717, 1.165) is 0 Å². The summed E-state index contributed by atoms with van der Waals surface area (Å²) in [5, 5.41) is 24.1. The molecule has 6 unspecified atom stereocenters. The van der Waals surface area contributed by atoms with Crippen LogP contribution in [-0.4, -0.2) is 50.2 Å². The molecule has 3 N–H and O–H groups in total. The van der Waals surface area contributed by atoms with Gasteiger partial charge in [-0.15, -0.1) is 0 Å². The SMILES string of the molecule is CC(O)[PH](=O)[O-].CC(O)[PH](=O)[O-].CC(O)[PH](=O)[O-].[Al+3]. The molecule has 0 aliphatic rings. The summed E-state index contributed by atoms with van der Waals surface area (Å²) in [6.45, 7) is 3.65. The molecule has 0 aromatic carbocycles. The molecule has 0 rings (SSSR count). The van der Waals surface area contributed by atoms with Gasteiger partial charge in [0.25, 0.3) is 0 Å². The van der Waals surface area contributed by atoms with Crippen LogP contribution in [0.1, 0.15) is 20.8 Å². The number of aliphatic hydroxyl groups excluding tert-OH is 3. The van der Waals surface area contributed by atoms with Gasteiger partial charge in [0, 0.05) is 24.1 Å². The second-order valence-corrected chi connectivity index (χ2v) is 7.41. The van der Waals surface area contributed by atoms with Gasteiger partial charge in [0.05, 0.1) is 17.5 Å². The summed E-state index contributed by atoms with van der Waals surface area (Å²) >= 11 is 0. The molecule has 0 fully saturated rings. The van der Waals surface area contributed by atoms with Crippen molar-refractivity contribution in [2.75, 3.05) is 0 Å². The summed E-state index contributed by atoms with van der Waals surface area (Å²) in [7, 11) is -8.69. The van der Waals surface area contributed by atoms with Crippen molar-refractivity contribution in [2.24, 2.45) is 0 Å². The molecule has 0 aromatic heterocycles. The average Bonchev–Trinajstić information content (AvgIpc) is 2.18. The minimum atomic E-state index is -2.90. The number of hydrogen-bond acceptors (Lipinski definition) is 9. The first-order valence-electron chi connectivity index (χ1n) is 4.60. The summed E-state index contributed by atoms with van der Waals surface area (Å²) in [5.74, 6) is -3.47. The monoisotopic (exact) mass is 354 g/mol. The third-order valence-electron chi connectivity index (χ3n) is 1.02. The molecule has 0 aliphatic carbocycles. The number of aliphatic hydroxyl groups is 3. The van der Waals surface area contributed by atoms with Crippen molar-refractivity contribution < 1.29 is 43.7 Å². The summed E-state index contributed by atoms with van der Waals surface area (Å²) in [6.07, 6.45) is 0. The van der Waals surface area contributed by atoms with Crippen molar-refractivity contribution >= 4 is 41.4 Å². The fourth-order valence-corrected chi connectivity index (χ4v) is 0. The van der Waals surface area contributed by atoms with Crippen LogP contribution >= 0.6 is 24.1 Å². The smallest absolute Gasteiger partial charge is 0.800 e. The van der Waals surface area contributed by atoms with Crippen molar-refractivity contribution in [3.05, 3.63) is 0 Å². The molecule has 0 radical (unpaired) electrons.